The molecule has 0 aliphatic carbocycles. The van der Waals surface area contributed by atoms with Crippen LogP contribution in [0.15, 0.2) is 84.9 Å². The second-order valence-electron chi connectivity index (χ2n) is 9.70. The number of nitrogens with zero attached hydrogens (tertiary/aromatic N) is 3. The summed E-state index contributed by atoms with van der Waals surface area (Å²) in [5.41, 5.74) is 5.64. The van der Waals surface area contributed by atoms with Gasteiger partial charge in [0.25, 0.3) is 11.8 Å². The molecule has 2 heterocycles. The molecule has 5 rings (SSSR count). The first-order valence-corrected chi connectivity index (χ1v) is 13.1. The second-order valence-corrected chi connectivity index (χ2v) is 9.70. The van der Waals surface area contributed by atoms with Crippen LogP contribution in [0, 0.1) is 13.8 Å². The molecule has 3 aromatic carbocycles. The number of aromatic nitrogens is 1. The number of rotatable bonds is 7. The predicted molar refractivity (Wildman–Crippen MR) is 152 cm³/mol. The zero-order valence-electron chi connectivity index (χ0n) is 22.6. The zero-order valence-corrected chi connectivity index (χ0v) is 22.6. The Hall–Kier alpha value is -4.52. The third-order valence-corrected chi connectivity index (χ3v) is 7.18. The monoisotopic (exact) mass is 523 g/mol. The fourth-order valence-electron chi connectivity index (χ4n) is 4.91. The summed E-state index contributed by atoms with van der Waals surface area (Å²) in [5.74, 6) is 1.35. The Bertz CT molecular complexity index is 1440. The lowest BCUT2D eigenvalue weighted by molar-refractivity contribution is -0.134. The van der Waals surface area contributed by atoms with Crippen molar-refractivity contribution in [3.63, 3.8) is 0 Å². The molecule has 4 aromatic rings. The minimum atomic E-state index is -0.0746. The van der Waals surface area contributed by atoms with Gasteiger partial charge in [0.15, 0.2) is 6.61 Å². The Morgan fingerprint density at radius 2 is 1.41 bits per heavy atom. The van der Waals surface area contributed by atoms with E-state index in [0.29, 0.717) is 37.5 Å². The van der Waals surface area contributed by atoms with Gasteiger partial charge in [0.05, 0.1) is 18.4 Å². The van der Waals surface area contributed by atoms with Crippen molar-refractivity contribution in [3.8, 4) is 28.4 Å². The number of carbonyl (C=O) groups is 2. The van der Waals surface area contributed by atoms with E-state index in [1.54, 1.807) is 12.0 Å². The molecule has 0 unspecified atom stereocenters. The summed E-state index contributed by atoms with van der Waals surface area (Å²) < 4.78 is 13.1. The first kappa shape index (κ1) is 26.1. The van der Waals surface area contributed by atoms with Gasteiger partial charge in [-0.15, -0.1) is 0 Å². The fraction of sp³-hybridized carbons (Fsp3) is 0.250. The van der Waals surface area contributed by atoms with Crippen molar-refractivity contribution < 1.29 is 19.1 Å². The van der Waals surface area contributed by atoms with Crippen molar-refractivity contribution in [1.82, 2.24) is 14.4 Å². The molecule has 1 saturated heterocycles. The number of methoxy groups -OCH3 is 1. The lowest BCUT2D eigenvalue weighted by Gasteiger charge is -2.34. The fourth-order valence-corrected chi connectivity index (χ4v) is 4.91. The van der Waals surface area contributed by atoms with E-state index in [4.69, 9.17) is 9.47 Å². The third-order valence-electron chi connectivity index (χ3n) is 7.18. The largest absolute Gasteiger partial charge is 0.497 e. The van der Waals surface area contributed by atoms with Crippen LogP contribution in [0.4, 0.5) is 0 Å². The molecule has 1 aliphatic rings. The molecule has 0 N–H and O–H groups in total. The number of aryl methyl sites for hydroxylation is 1. The molecule has 1 aliphatic heterocycles. The van der Waals surface area contributed by atoms with Gasteiger partial charge in [-0.25, -0.2) is 0 Å². The maximum absolute atomic E-state index is 13.8. The third kappa shape index (κ3) is 5.67. The lowest BCUT2D eigenvalue weighted by atomic mass is 10.1. The molecule has 1 aromatic heterocycles. The van der Waals surface area contributed by atoms with Gasteiger partial charge in [0.1, 0.15) is 11.5 Å². The molecule has 39 heavy (non-hydrogen) atoms. The molecule has 0 saturated carbocycles. The molecule has 7 heteroatoms. The number of hydrogen-bond acceptors (Lipinski definition) is 4. The molecular weight excluding hydrogens is 490 g/mol. The Balaban J connectivity index is 1.34. The van der Waals surface area contributed by atoms with Crippen LogP contribution in [0.3, 0.4) is 0 Å². The number of para-hydroxylation sites is 1. The van der Waals surface area contributed by atoms with Gasteiger partial charge in [-0.05, 0) is 74.0 Å². The number of benzene rings is 3. The lowest BCUT2D eigenvalue weighted by Crippen LogP contribution is -2.51. The highest BCUT2D eigenvalue weighted by molar-refractivity contribution is 5.97. The molecule has 1 fully saturated rings. The molecule has 0 bridgehead atoms. The minimum absolute atomic E-state index is 0.0122. The van der Waals surface area contributed by atoms with E-state index in [9.17, 15) is 9.59 Å². The van der Waals surface area contributed by atoms with Gasteiger partial charge in [-0.1, -0.05) is 35.9 Å². The van der Waals surface area contributed by atoms with Crippen molar-refractivity contribution in [2.75, 3.05) is 39.9 Å². The van der Waals surface area contributed by atoms with Crippen molar-refractivity contribution in [3.05, 3.63) is 102 Å². The number of carbonyl (C=O) groups excluding carboxylic acids is 2. The van der Waals surface area contributed by atoms with Gasteiger partial charge >= 0.3 is 0 Å². The summed E-state index contributed by atoms with van der Waals surface area (Å²) in [4.78, 5) is 30.0. The minimum Gasteiger partial charge on any atom is -0.497 e. The van der Waals surface area contributed by atoms with Crippen molar-refractivity contribution in [2.24, 2.45) is 0 Å². The Morgan fingerprint density at radius 1 is 0.769 bits per heavy atom. The Morgan fingerprint density at radius 3 is 2.05 bits per heavy atom. The SMILES string of the molecule is COc1ccc(-c2cc(C(=O)N3CCN(C(=O)COc4ccccc4)CC3)c(C)n2-c2ccc(C)cc2)cc1. The van der Waals surface area contributed by atoms with Gasteiger partial charge in [-0.3, -0.25) is 9.59 Å². The van der Waals surface area contributed by atoms with E-state index >= 15 is 0 Å². The molecular formula is C32H33N3O4. The highest BCUT2D eigenvalue weighted by atomic mass is 16.5. The topological polar surface area (TPSA) is 64.0 Å². The summed E-state index contributed by atoms with van der Waals surface area (Å²) in [6.45, 7) is 5.94. The van der Waals surface area contributed by atoms with Gasteiger partial charge in [0, 0.05) is 37.6 Å². The van der Waals surface area contributed by atoms with E-state index in [2.05, 4.69) is 35.8 Å². The van der Waals surface area contributed by atoms with Crippen molar-refractivity contribution in [2.45, 2.75) is 13.8 Å². The van der Waals surface area contributed by atoms with Gasteiger partial charge in [0.2, 0.25) is 0 Å². The maximum Gasteiger partial charge on any atom is 0.260 e. The van der Waals surface area contributed by atoms with E-state index in [-0.39, 0.29) is 18.4 Å². The number of amides is 2. The molecule has 0 radical (unpaired) electrons. The summed E-state index contributed by atoms with van der Waals surface area (Å²) in [6, 6.07) is 27.5. The van der Waals surface area contributed by atoms with Crippen LogP contribution in [-0.4, -0.2) is 66.1 Å². The standard InChI is InChI=1S/C32H33N3O4/c1-23-9-13-26(14-10-23)35-24(2)29(21-30(35)25-11-15-27(38-3)16-12-25)32(37)34-19-17-33(18-20-34)31(36)22-39-28-7-5-4-6-8-28/h4-16,21H,17-20,22H2,1-3H3. The van der Waals surface area contributed by atoms with Gasteiger partial charge in [-0.2, -0.15) is 0 Å². The maximum atomic E-state index is 13.8. The number of ether oxygens (including phenoxy) is 2. The van der Waals surface area contributed by atoms with Crippen LogP contribution >= 0.6 is 0 Å². The van der Waals surface area contributed by atoms with Crippen LogP contribution in [0.25, 0.3) is 16.9 Å². The summed E-state index contributed by atoms with van der Waals surface area (Å²) in [6.07, 6.45) is 0. The van der Waals surface area contributed by atoms with Crippen LogP contribution in [0.5, 0.6) is 11.5 Å². The molecule has 0 spiro atoms. The quantitative estimate of drug-likeness (QED) is 0.337. The second kappa shape index (κ2) is 11.5. The Labute approximate surface area is 229 Å². The molecule has 2 amide bonds. The molecule has 7 nitrogen and oxygen atoms in total. The van der Waals surface area contributed by atoms with Crippen LogP contribution in [-0.2, 0) is 4.79 Å². The van der Waals surface area contributed by atoms with E-state index < -0.39 is 0 Å². The molecule has 200 valence electrons. The van der Waals surface area contributed by atoms with Crippen LogP contribution < -0.4 is 9.47 Å². The van der Waals surface area contributed by atoms with Crippen LogP contribution in [0.2, 0.25) is 0 Å². The Kier molecular flexibility index (Phi) is 7.68. The zero-order chi connectivity index (χ0) is 27.4. The van der Waals surface area contributed by atoms with E-state index in [1.807, 2.05) is 72.5 Å². The van der Waals surface area contributed by atoms with Crippen LogP contribution in [0.1, 0.15) is 21.6 Å². The number of hydrogen-bond donors (Lipinski definition) is 0. The molecule has 0 atom stereocenters. The first-order chi connectivity index (χ1) is 18.9. The van der Waals surface area contributed by atoms with E-state index in [1.165, 1.54) is 5.56 Å². The summed E-state index contributed by atoms with van der Waals surface area (Å²) in [5, 5.41) is 0. The highest BCUT2D eigenvalue weighted by Crippen LogP contribution is 2.31. The number of piperazine rings is 1. The van der Waals surface area contributed by atoms with Crippen molar-refractivity contribution >= 4 is 11.8 Å². The summed E-state index contributed by atoms with van der Waals surface area (Å²) >= 11 is 0. The van der Waals surface area contributed by atoms with Gasteiger partial charge < -0.3 is 23.8 Å². The normalized spacial score (nSPS) is 13.3. The van der Waals surface area contributed by atoms with E-state index in [0.717, 1.165) is 28.4 Å². The van der Waals surface area contributed by atoms with Crippen molar-refractivity contribution in [1.29, 1.82) is 0 Å². The predicted octanol–water partition coefficient (Wildman–Crippen LogP) is 5.13. The average Bonchev–Trinajstić information content (AvgIpc) is 3.33. The highest BCUT2D eigenvalue weighted by Gasteiger charge is 2.28. The average molecular weight is 524 g/mol. The summed E-state index contributed by atoms with van der Waals surface area (Å²) in [7, 11) is 1.65. The first-order valence-electron chi connectivity index (χ1n) is 13.1. The smallest absolute Gasteiger partial charge is 0.260 e.